The van der Waals surface area contributed by atoms with Crippen LogP contribution in [0.15, 0.2) is 6.20 Å². The Hall–Kier alpha value is -0.760. The van der Waals surface area contributed by atoms with Gasteiger partial charge in [0.15, 0.2) is 0 Å². The topological polar surface area (TPSA) is 22.1 Å². The lowest BCUT2D eigenvalue weighted by atomic mass is 9.87. The number of alkyl halides is 1. The standard InChI is InChI=1S/C15H24ClNO/c1-9(2)13(12(5)16)7-14-11(4)15(18-6)10(3)8-17-14/h8-9,12-13H,7H2,1-6H3. The van der Waals surface area contributed by atoms with Crippen LogP contribution in [0.25, 0.3) is 0 Å². The van der Waals surface area contributed by atoms with Gasteiger partial charge in [-0.1, -0.05) is 13.8 Å². The molecule has 2 unspecified atom stereocenters. The first-order valence-corrected chi connectivity index (χ1v) is 6.95. The number of methoxy groups -OCH3 is 1. The Labute approximate surface area is 116 Å². The summed E-state index contributed by atoms with van der Waals surface area (Å²) in [6.07, 6.45) is 2.79. The minimum atomic E-state index is 0.151. The van der Waals surface area contributed by atoms with Crippen LogP contribution in [0.2, 0.25) is 0 Å². The molecule has 1 aromatic heterocycles. The minimum absolute atomic E-state index is 0.151. The summed E-state index contributed by atoms with van der Waals surface area (Å²) in [6.45, 7) is 10.6. The lowest BCUT2D eigenvalue weighted by Gasteiger charge is -2.24. The number of pyridine rings is 1. The molecule has 1 rings (SSSR count). The normalized spacial score (nSPS) is 14.7. The highest BCUT2D eigenvalue weighted by molar-refractivity contribution is 6.20. The molecule has 2 nitrogen and oxygen atoms in total. The summed E-state index contributed by atoms with van der Waals surface area (Å²) < 4.78 is 5.45. The Balaban J connectivity index is 3.04. The van der Waals surface area contributed by atoms with E-state index in [0.29, 0.717) is 11.8 Å². The van der Waals surface area contributed by atoms with Gasteiger partial charge in [0.05, 0.1) is 7.11 Å². The number of rotatable bonds is 5. The van der Waals surface area contributed by atoms with Crippen molar-refractivity contribution in [3.63, 3.8) is 0 Å². The fourth-order valence-electron chi connectivity index (χ4n) is 2.43. The summed E-state index contributed by atoms with van der Waals surface area (Å²) in [7, 11) is 1.71. The van der Waals surface area contributed by atoms with Gasteiger partial charge >= 0.3 is 0 Å². The second-order valence-corrected chi connectivity index (χ2v) is 6.02. The van der Waals surface area contributed by atoms with Crippen LogP contribution in [0, 0.1) is 25.7 Å². The third kappa shape index (κ3) is 3.38. The summed E-state index contributed by atoms with van der Waals surface area (Å²) >= 11 is 6.29. The Kier molecular flexibility index (Phi) is 5.46. The van der Waals surface area contributed by atoms with E-state index in [1.165, 1.54) is 0 Å². The molecule has 0 N–H and O–H groups in total. The molecule has 1 aromatic rings. The first-order valence-electron chi connectivity index (χ1n) is 6.51. The van der Waals surface area contributed by atoms with Gasteiger partial charge in [-0.15, -0.1) is 11.6 Å². The maximum atomic E-state index is 6.29. The molecule has 0 aliphatic carbocycles. The maximum absolute atomic E-state index is 6.29. The monoisotopic (exact) mass is 269 g/mol. The molecule has 0 spiro atoms. The molecule has 0 saturated carbocycles. The Bertz CT molecular complexity index is 394. The molecule has 3 heteroatoms. The summed E-state index contributed by atoms with van der Waals surface area (Å²) in [5.41, 5.74) is 3.32. The largest absolute Gasteiger partial charge is 0.496 e. The van der Waals surface area contributed by atoms with Crippen LogP contribution < -0.4 is 4.74 Å². The highest BCUT2D eigenvalue weighted by atomic mass is 35.5. The van der Waals surface area contributed by atoms with Gasteiger partial charge in [0, 0.05) is 28.4 Å². The molecule has 2 atom stereocenters. The molecule has 0 aliphatic heterocycles. The van der Waals surface area contributed by atoms with Gasteiger partial charge in [-0.25, -0.2) is 0 Å². The van der Waals surface area contributed by atoms with Crippen LogP contribution in [-0.2, 0) is 6.42 Å². The zero-order chi connectivity index (χ0) is 13.9. The third-order valence-electron chi connectivity index (χ3n) is 3.63. The number of hydrogen-bond donors (Lipinski definition) is 0. The minimum Gasteiger partial charge on any atom is -0.496 e. The summed E-state index contributed by atoms with van der Waals surface area (Å²) in [6, 6.07) is 0. The predicted octanol–water partition coefficient (Wildman–Crippen LogP) is 4.15. The summed E-state index contributed by atoms with van der Waals surface area (Å²) in [4.78, 5) is 4.55. The van der Waals surface area contributed by atoms with E-state index in [2.05, 4.69) is 32.7 Å². The number of aromatic nitrogens is 1. The Morgan fingerprint density at radius 1 is 1.28 bits per heavy atom. The van der Waals surface area contributed by atoms with Crippen LogP contribution in [0.3, 0.4) is 0 Å². The zero-order valence-electron chi connectivity index (χ0n) is 12.2. The first-order chi connectivity index (χ1) is 8.38. The van der Waals surface area contributed by atoms with E-state index in [1.807, 2.05) is 13.1 Å². The average Bonchev–Trinajstić information content (AvgIpc) is 2.27. The van der Waals surface area contributed by atoms with Crippen LogP contribution >= 0.6 is 11.6 Å². The quantitative estimate of drug-likeness (QED) is 0.749. The van der Waals surface area contributed by atoms with E-state index in [4.69, 9.17) is 16.3 Å². The molecule has 18 heavy (non-hydrogen) atoms. The molecule has 0 aromatic carbocycles. The molecule has 0 saturated heterocycles. The van der Waals surface area contributed by atoms with Gasteiger partial charge in [-0.2, -0.15) is 0 Å². The summed E-state index contributed by atoms with van der Waals surface area (Å²) in [5, 5.41) is 0.151. The number of nitrogens with zero attached hydrogens (tertiary/aromatic N) is 1. The second kappa shape index (κ2) is 6.42. The molecule has 0 fully saturated rings. The molecule has 0 aliphatic rings. The molecule has 102 valence electrons. The fourth-order valence-corrected chi connectivity index (χ4v) is 2.81. The first kappa shape index (κ1) is 15.3. The van der Waals surface area contributed by atoms with Gasteiger partial charge in [-0.3, -0.25) is 4.98 Å². The zero-order valence-corrected chi connectivity index (χ0v) is 13.0. The molecular weight excluding hydrogens is 246 g/mol. The summed E-state index contributed by atoms with van der Waals surface area (Å²) in [5.74, 6) is 1.93. The van der Waals surface area contributed by atoms with Gasteiger partial charge in [0.1, 0.15) is 5.75 Å². The fraction of sp³-hybridized carbons (Fsp3) is 0.667. The lowest BCUT2D eigenvalue weighted by Crippen LogP contribution is -2.22. The van der Waals surface area contributed by atoms with Crippen molar-refractivity contribution in [3.8, 4) is 5.75 Å². The highest BCUT2D eigenvalue weighted by Gasteiger charge is 2.22. The molecule has 1 heterocycles. The van der Waals surface area contributed by atoms with E-state index in [0.717, 1.165) is 29.0 Å². The van der Waals surface area contributed by atoms with E-state index in [9.17, 15) is 0 Å². The van der Waals surface area contributed by atoms with Crippen molar-refractivity contribution in [2.24, 2.45) is 11.8 Å². The van der Waals surface area contributed by atoms with Crippen molar-refractivity contribution in [1.29, 1.82) is 0 Å². The number of halogens is 1. The third-order valence-corrected chi connectivity index (χ3v) is 3.95. The molecule has 0 radical (unpaired) electrons. The maximum Gasteiger partial charge on any atom is 0.128 e. The number of ether oxygens (including phenoxy) is 1. The molecule has 0 bridgehead atoms. The van der Waals surface area contributed by atoms with Gasteiger partial charge < -0.3 is 4.74 Å². The van der Waals surface area contributed by atoms with E-state index in [-0.39, 0.29) is 5.38 Å². The van der Waals surface area contributed by atoms with Crippen LogP contribution in [-0.4, -0.2) is 17.5 Å². The van der Waals surface area contributed by atoms with Crippen LogP contribution in [0.5, 0.6) is 5.75 Å². The number of hydrogen-bond acceptors (Lipinski definition) is 2. The van der Waals surface area contributed by atoms with E-state index >= 15 is 0 Å². The van der Waals surface area contributed by atoms with Crippen molar-refractivity contribution >= 4 is 11.6 Å². The predicted molar refractivity (Wildman–Crippen MR) is 77.6 cm³/mol. The van der Waals surface area contributed by atoms with Crippen molar-refractivity contribution < 1.29 is 4.74 Å². The van der Waals surface area contributed by atoms with Crippen molar-refractivity contribution in [1.82, 2.24) is 4.98 Å². The second-order valence-electron chi connectivity index (χ2n) is 5.34. The molecule has 0 amide bonds. The Morgan fingerprint density at radius 3 is 2.33 bits per heavy atom. The van der Waals surface area contributed by atoms with Crippen molar-refractivity contribution in [2.45, 2.75) is 46.4 Å². The van der Waals surface area contributed by atoms with E-state index in [1.54, 1.807) is 7.11 Å². The average molecular weight is 270 g/mol. The van der Waals surface area contributed by atoms with E-state index < -0.39 is 0 Å². The smallest absolute Gasteiger partial charge is 0.128 e. The van der Waals surface area contributed by atoms with Crippen LogP contribution in [0.4, 0.5) is 0 Å². The van der Waals surface area contributed by atoms with Crippen LogP contribution in [0.1, 0.15) is 37.6 Å². The Morgan fingerprint density at radius 2 is 1.89 bits per heavy atom. The van der Waals surface area contributed by atoms with Gasteiger partial charge in [-0.05, 0) is 39.0 Å². The SMILES string of the molecule is COc1c(C)cnc(CC(C(C)C)C(C)Cl)c1C. The van der Waals surface area contributed by atoms with Crippen molar-refractivity contribution in [2.75, 3.05) is 7.11 Å². The molecular formula is C15H24ClNO. The number of aryl methyl sites for hydroxylation is 1. The van der Waals surface area contributed by atoms with Gasteiger partial charge in [0.25, 0.3) is 0 Å². The lowest BCUT2D eigenvalue weighted by molar-refractivity contribution is 0.369. The van der Waals surface area contributed by atoms with Crippen molar-refractivity contribution in [3.05, 3.63) is 23.0 Å². The highest BCUT2D eigenvalue weighted by Crippen LogP contribution is 2.29. The van der Waals surface area contributed by atoms with Gasteiger partial charge in [0.2, 0.25) is 0 Å².